The Morgan fingerprint density at radius 1 is 1.20 bits per heavy atom. The predicted octanol–water partition coefficient (Wildman–Crippen LogP) is 2.48. The average molecular weight is 289 g/mol. The first-order valence-corrected chi connectivity index (χ1v) is 6.17. The fourth-order valence-corrected chi connectivity index (χ4v) is 1.67. The van der Waals surface area contributed by atoms with E-state index in [0.29, 0.717) is 5.56 Å². The van der Waals surface area contributed by atoms with Crippen molar-refractivity contribution in [2.45, 2.75) is 38.5 Å². The first-order valence-electron chi connectivity index (χ1n) is 6.17. The van der Waals surface area contributed by atoms with Crippen molar-refractivity contribution < 1.29 is 23.1 Å². The summed E-state index contributed by atoms with van der Waals surface area (Å²) in [7, 11) is 0. The minimum Gasteiger partial charge on any atom is -0.384 e. The third-order valence-electron chi connectivity index (χ3n) is 3.08. The molecule has 0 spiro atoms. The van der Waals surface area contributed by atoms with Gasteiger partial charge < -0.3 is 10.4 Å². The molecular weight excluding hydrogens is 271 g/mol. The number of nitrogens with one attached hydrogen (secondary N) is 1. The van der Waals surface area contributed by atoms with Crippen LogP contribution in [0, 0.1) is 0 Å². The molecule has 0 aliphatic carbocycles. The van der Waals surface area contributed by atoms with Crippen molar-refractivity contribution in [2.75, 3.05) is 6.54 Å². The first-order chi connectivity index (χ1) is 9.04. The minimum absolute atomic E-state index is 0.224. The van der Waals surface area contributed by atoms with Crippen molar-refractivity contribution in [3.63, 3.8) is 0 Å². The molecular formula is C14H18F3NO2. The summed E-state index contributed by atoms with van der Waals surface area (Å²) < 4.78 is 37.4. The number of rotatable bonds is 4. The van der Waals surface area contributed by atoms with Crippen LogP contribution in [0.3, 0.4) is 0 Å². The Bertz CT molecular complexity index is 464. The fourth-order valence-electron chi connectivity index (χ4n) is 1.67. The number of hydrogen-bond donors (Lipinski definition) is 2. The van der Waals surface area contributed by atoms with Crippen molar-refractivity contribution in [2.24, 2.45) is 0 Å². The quantitative estimate of drug-likeness (QED) is 0.894. The van der Waals surface area contributed by atoms with E-state index in [4.69, 9.17) is 5.11 Å². The highest BCUT2D eigenvalue weighted by Crippen LogP contribution is 2.31. The largest absolute Gasteiger partial charge is 0.416 e. The van der Waals surface area contributed by atoms with Crippen LogP contribution in [-0.4, -0.2) is 23.7 Å². The van der Waals surface area contributed by atoms with Gasteiger partial charge >= 0.3 is 6.18 Å². The van der Waals surface area contributed by atoms with Crippen LogP contribution in [0.2, 0.25) is 0 Å². The van der Waals surface area contributed by atoms with Gasteiger partial charge in [0.15, 0.2) is 0 Å². The second kappa shape index (κ2) is 5.83. The molecule has 6 heteroatoms. The van der Waals surface area contributed by atoms with E-state index in [0.717, 1.165) is 12.1 Å². The monoisotopic (exact) mass is 289 g/mol. The highest BCUT2D eigenvalue weighted by atomic mass is 19.4. The Morgan fingerprint density at radius 2 is 1.65 bits per heavy atom. The molecule has 0 aliphatic heterocycles. The van der Waals surface area contributed by atoms with Crippen molar-refractivity contribution >= 4 is 5.91 Å². The van der Waals surface area contributed by atoms with E-state index < -0.39 is 29.2 Å². The van der Waals surface area contributed by atoms with Gasteiger partial charge in [-0.2, -0.15) is 13.2 Å². The zero-order chi connectivity index (χ0) is 15.6. The molecule has 0 radical (unpaired) electrons. The van der Waals surface area contributed by atoms with Crippen molar-refractivity contribution in [1.29, 1.82) is 0 Å². The van der Waals surface area contributed by atoms with Crippen LogP contribution in [0.1, 0.15) is 31.9 Å². The van der Waals surface area contributed by atoms with Gasteiger partial charge in [0, 0.05) is 12.0 Å². The number of benzene rings is 1. The molecule has 0 saturated heterocycles. The molecule has 1 rings (SSSR count). The lowest BCUT2D eigenvalue weighted by atomic mass is 9.84. The number of aliphatic hydroxyl groups excluding tert-OH is 1. The molecule has 0 aromatic heterocycles. The molecule has 1 amide bonds. The Labute approximate surface area is 115 Å². The summed E-state index contributed by atoms with van der Waals surface area (Å²) in [6, 6.07) is 4.84. The van der Waals surface area contributed by atoms with E-state index >= 15 is 0 Å². The number of carbonyl (C=O) groups excluding carboxylic acids is 1. The van der Waals surface area contributed by atoms with Crippen LogP contribution in [0.15, 0.2) is 24.3 Å². The van der Waals surface area contributed by atoms with Crippen molar-refractivity contribution in [3.05, 3.63) is 35.4 Å². The van der Waals surface area contributed by atoms with Crippen molar-refractivity contribution in [3.8, 4) is 0 Å². The summed E-state index contributed by atoms with van der Waals surface area (Å²) in [5.41, 5.74) is -0.559. The molecule has 1 aromatic rings. The Balaban J connectivity index is 2.80. The van der Waals surface area contributed by atoms with Gasteiger partial charge in [-0.25, -0.2) is 0 Å². The normalized spacial score (nSPS) is 13.9. The molecule has 0 aliphatic rings. The van der Waals surface area contributed by atoms with E-state index in [1.807, 2.05) is 0 Å². The molecule has 1 atom stereocenters. The van der Waals surface area contributed by atoms with E-state index in [1.165, 1.54) is 19.1 Å². The molecule has 0 bridgehead atoms. The average Bonchev–Trinajstić information content (AvgIpc) is 2.35. The number of alkyl halides is 3. The number of hydrogen-bond acceptors (Lipinski definition) is 2. The zero-order valence-electron chi connectivity index (χ0n) is 11.6. The smallest absolute Gasteiger partial charge is 0.384 e. The van der Waals surface area contributed by atoms with E-state index in [1.54, 1.807) is 13.8 Å². The molecule has 3 nitrogen and oxygen atoms in total. The molecule has 20 heavy (non-hydrogen) atoms. The number of amides is 1. The van der Waals surface area contributed by atoms with Gasteiger partial charge in [0.1, 0.15) is 6.10 Å². The molecule has 112 valence electrons. The maximum absolute atomic E-state index is 12.5. The molecule has 0 unspecified atom stereocenters. The third kappa shape index (κ3) is 4.23. The maximum atomic E-state index is 12.5. The number of carbonyl (C=O) groups is 1. The van der Waals surface area contributed by atoms with Crippen LogP contribution in [0.25, 0.3) is 0 Å². The SMILES string of the molecule is C[C@@H](O)C(=O)NCC(C)(C)c1ccc(C(F)(F)F)cc1. The topological polar surface area (TPSA) is 49.3 Å². The van der Waals surface area contributed by atoms with Gasteiger partial charge in [-0.1, -0.05) is 26.0 Å². The predicted molar refractivity (Wildman–Crippen MR) is 69.2 cm³/mol. The summed E-state index contributed by atoms with van der Waals surface area (Å²) in [6.07, 6.45) is -5.47. The molecule has 1 aromatic carbocycles. The maximum Gasteiger partial charge on any atom is 0.416 e. The summed E-state index contributed by atoms with van der Waals surface area (Å²) in [5, 5.41) is 11.6. The van der Waals surface area contributed by atoms with E-state index in [-0.39, 0.29) is 6.54 Å². The Hall–Kier alpha value is -1.56. The minimum atomic E-state index is -4.36. The van der Waals surface area contributed by atoms with Crippen LogP contribution < -0.4 is 5.32 Å². The van der Waals surface area contributed by atoms with Gasteiger partial charge in [0.25, 0.3) is 0 Å². The van der Waals surface area contributed by atoms with Crippen LogP contribution in [-0.2, 0) is 16.4 Å². The number of halogens is 3. The molecule has 0 fully saturated rings. The first kappa shape index (κ1) is 16.5. The summed E-state index contributed by atoms with van der Waals surface area (Å²) in [4.78, 5) is 11.3. The summed E-state index contributed by atoms with van der Waals surface area (Å²) in [5.74, 6) is -0.509. The summed E-state index contributed by atoms with van der Waals surface area (Å²) >= 11 is 0. The fraction of sp³-hybridized carbons (Fsp3) is 0.500. The second-order valence-electron chi connectivity index (χ2n) is 5.35. The lowest BCUT2D eigenvalue weighted by Gasteiger charge is -2.26. The van der Waals surface area contributed by atoms with Crippen molar-refractivity contribution in [1.82, 2.24) is 5.32 Å². The van der Waals surface area contributed by atoms with Crippen LogP contribution in [0.5, 0.6) is 0 Å². The van der Waals surface area contributed by atoms with Crippen LogP contribution in [0.4, 0.5) is 13.2 Å². The lowest BCUT2D eigenvalue weighted by molar-refractivity contribution is -0.137. The van der Waals surface area contributed by atoms with Gasteiger partial charge in [0.2, 0.25) is 5.91 Å². The zero-order valence-corrected chi connectivity index (χ0v) is 11.6. The highest BCUT2D eigenvalue weighted by molar-refractivity contribution is 5.80. The van der Waals surface area contributed by atoms with E-state index in [9.17, 15) is 18.0 Å². The molecule has 2 N–H and O–H groups in total. The van der Waals surface area contributed by atoms with Gasteiger partial charge in [-0.3, -0.25) is 4.79 Å². The molecule has 0 heterocycles. The van der Waals surface area contributed by atoms with Gasteiger partial charge in [0.05, 0.1) is 5.56 Å². The lowest BCUT2D eigenvalue weighted by Crippen LogP contribution is -2.40. The standard InChI is InChI=1S/C14H18F3NO2/c1-9(19)12(20)18-8-13(2,3)10-4-6-11(7-5-10)14(15,16)17/h4-7,9,19H,8H2,1-3H3,(H,18,20)/t9-/m1/s1. The third-order valence-corrected chi connectivity index (χ3v) is 3.08. The van der Waals surface area contributed by atoms with Crippen LogP contribution >= 0.6 is 0 Å². The highest BCUT2D eigenvalue weighted by Gasteiger charge is 2.31. The van der Waals surface area contributed by atoms with Gasteiger partial charge in [-0.15, -0.1) is 0 Å². The Morgan fingerprint density at radius 3 is 2.05 bits per heavy atom. The Kier molecular flexibility index (Phi) is 4.81. The second-order valence-corrected chi connectivity index (χ2v) is 5.35. The number of aliphatic hydroxyl groups is 1. The van der Waals surface area contributed by atoms with Gasteiger partial charge in [-0.05, 0) is 24.6 Å². The molecule has 0 saturated carbocycles. The van der Waals surface area contributed by atoms with E-state index in [2.05, 4.69) is 5.32 Å². The summed E-state index contributed by atoms with van der Waals surface area (Å²) in [6.45, 7) is 5.18.